The molecule has 1 spiro atoms. The number of fused-ring (bicyclic) bond motifs is 1. The standard InChI is InChI=1S/C22H21N3O3/c26-20-17-8-4-5-9-19(17)28-14-18(20)24-12-10-22(11-13-24)21(27)23-15-25(22)16-6-2-1-3-7-16/h1-9,14H,10-13,15H2,(H,23,27). The quantitative estimate of drug-likeness (QED) is 0.746. The molecule has 2 aliphatic rings. The van der Waals surface area contributed by atoms with Crippen LogP contribution in [-0.2, 0) is 4.79 Å². The van der Waals surface area contributed by atoms with Crippen LogP contribution in [0.25, 0.3) is 11.0 Å². The first-order valence-electron chi connectivity index (χ1n) is 9.55. The van der Waals surface area contributed by atoms with Crippen molar-refractivity contribution in [1.29, 1.82) is 0 Å². The lowest BCUT2D eigenvalue weighted by Crippen LogP contribution is -2.57. The Morgan fingerprint density at radius 2 is 1.64 bits per heavy atom. The summed E-state index contributed by atoms with van der Waals surface area (Å²) in [5, 5.41) is 3.59. The highest BCUT2D eigenvalue weighted by molar-refractivity contribution is 5.93. The molecular weight excluding hydrogens is 354 g/mol. The fraction of sp³-hybridized carbons (Fsp3) is 0.273. The number of rotatable bonds is 2. The van der Waals surface area contributed by atoms with E-state index in [2.05, 4.69) is 10.2 Å². The predicted molar refractivity (Wildman–Crippen MR) is 109 cm³/mol. The van der Waals surface area contributed by atoms with Crippen LogP contribution in [0.3, 0.4) is 0 Å². The van der Waals surface area contributed by atoms with Crippen molar-refractivity contribution in [3.63, 3.8) is 0 Å². The minimum Gasteiger partial charge on any atom is -0.462 e. The number of hydrogen-bond acceptors (Lipinski definition) is 5. The first-order valence-corrected chi connectivity index (χ1v) is 9.55. The number of benzene rings is 2. The number of nitrogens with zero attached hydrogens (tertiary/aromatic N) is 2. The maximum atomic E-state index is 12.9. The van der Waals surface area contributed by atoms with Gasteiger partial charge < -0.3 is 19.5 Å². The number of hydrogen-bond donors (Lipinski definition) is 1. The van der Waals surface area contributed by atoms with Crippen molar-refractivity contribution in [2.45, 2.75) is 18.4 Å². The predicted octanol–water partition coefficient (Wildman–Crippen LogP) is 2.73. The number of anilines is 2. The van der Waals surface area contributed by atoms with E-state index >= 15 is 0 Å². The van der Waals surface area contributed by atoms with Crippen LogP contribution < -0.4 is 20.5 Å². The lowest BCUT2D eigenvalue weighted by Gasteiger charge is -2.43. The normalized spacial score (nSPS) is 18.6. The van der Waals surface area contributed by atoms with Crippen LogP contribution >= 0.6 is 0 Å². The Kier molecular flexibility index (Phi) is 3.86. The Balaban J connectivity index is 1.44. The van der Waals surface area contributed by atoms with E-state index in [1.807, 2.05) is 47.4 Å². The minimum absolute atomic E-state index is 0.0198. The summed E-state index contributed by atoms with van der Waals surface area (Å²) in [5.41, 5.74) is 1.62. The van der Waals surface area contributed by atoms with E-state index in [0.717, 1.165) is 5.69 Å². The molecule has 28 heavy (non-hydrogen) atoms. The van der Waals surface area contributed by atoms with Crippen molar-refractivity contribution >= 4 is 28.3 Å². The molecule has 1 N–H and O–H groups in total. The van der Waals surface area contributed by atoms with Gasteiger partial charge in [-0.1, -0.05) is 30.3 Å². The fourth-order valence-corrected chi connectivity index (χ4v) is 4.44. The van der Waals surface area contributed by atoms with Gasteiger partial charge in [0.1, 0.15) is 23.1 Å². The van der Waals surface area contributed by atoms with E-state index in [4.69, 9.17) is 4.42 Å². The van der Waals surface area contributed by atoms with Crippen LogP contribution in [0.5, 0.6) is 0 Å². The minimum atomic E-state index is -0.561. The maximum Gasteiger partial charge on any atom is 0.247 e. The molecule has 0 aliphatic carbocycles. The topological polar surface area (TPSA) is 65.8 Å². The van der Waals surface area contributed by atoms with Crippen LogP contribution in [0.15, 0.2) is 70.1 Å². The van der Waals surface area contributed by atoms with Crippen LogP contribution in [0.2, 0.25) is 0 Å². The zero-order valence-electron chi connectivity index (χ0n) is 15.4. The van der Waals surface area contributed by atoms with Crippen molar-refractivity contribution in [3.8, 4) is 0 Å². The van der Waals surface area contributed by atoms with Gasteiger partial charge in [-0.25, -0.2) is 0 Å². The first kappa shape index (κ1) is 16.9. The van der Waals surface area contributed by atoms with Gasteiger partial charge in [-0.2, -0.15) is 0 Å². The molecule has 0 bridgehead atoms. The second-order valence-corrected chi connectivity index (χ2v) is 7.39. The summed E-state index contributed by atoms with van der Waals surface area (Å²) in [7, 11) is 0. The highest BCUT2D eigenvalue weighted by Crippen LogP contribution is 2.37. The van der Waals surface area contributed by atoms with Crippen molar-refractivity contribution in [1.82, 2.24) is 5.32 Å². The number of amides is 1. The molecule has 3 heterocycles. The molecule has 142 valence electrons. The van der Waals surface area contributed by atoms with Crippen molar-refractivity contribution < 1.29 is 9.21 Å². The zero-order valence-corrected chi connectivity index (χ0v) is 15.4. The van der Waals surface area contributed by atoms with Crippen LogP contribution in [0, 0.1) is 0 Å². The molecule has 0 unspecified atom stereocenters. The molecule has 5 rings (SSSR count). The Bertz CT molecular complexity index is 1080. The summed E-state index contributed by atoms with van der Waals surface area (Å²) in [6, 6.07) is 17.3. The smallest absolute Gasteiger partial charge is 0.247 e. The summed E-state index contributed by atoms with van der Waals surface area (Å²) in [6.07, 6.45) is 2.85. The van der Waals surface area contributed by atoms with Crippen molar-refractivity contribution in [2.75, 3.05) is 29.6 Å². The van der Waals surface area contributed by atoms with Gasteiger partial charge in [0, 0.05) is 18.8 Å². The molecule has 0 saturated carbocycles. The van der Waals surface area contributed by atoms with Gasteiger partial charge in [-0.3, -0.25) is 9.59 Å². The van der Waals surface area contributed by atoms with E-state index in [1.165, 1.54) is 0 Å². The Labute approximate surface area is 162 Å². The lowest BCUT2D eigenvalue weighted by atomic mass is 9.85. The van der Waals surface area contributed by atoms with Crippen molar-refractivity contribution in [3.05, 3.63) is 71.1 Å². The van der Waals surface area contributed by atoms with Gasteiger partial charge in [0.05, 0.1) is 12.1 Å². The fourth-order valence-electron chi connectivity index (χ4n) is 4.44. The second kappa shape index (κ2) is 6.41. The highest BCUT2D eigenvalue weighted by atomic mass is 16.3. The van der Waals surface area contributed by atoms with E-state index < -0.39 is 5.54 Å². The third kappa shape index (κ3) is 2.48. The van der Waals surface area contributed by atoms with Gasteiger partial charge in [0.15, 0.2) is 0 Å². The van der Waals surface area contributed by atoms with Gasteiger partial charge in [0.2, 0.25) is 11.3 Å². The third-order valence-electron chi connectivity index (χ3n) is 6.00. The average Bonchev–Trinajstić information content (AvgIpc) is 3.06. The lowest BCUT2D eigenvalue weighted by molar-refractivity contribution is -0.124. The summed E-state index contributed by atoms with van der Waals surface area (Å²) < 4.78 is 5.67. The number of para-hydroxylation sites is 2. The summed E-state index contributed by atoms with van der Waals surface area (Å²) in [4.78, 5) is 29.9. The molecule has 2 saturated heterocycles. The second-order valence-electron chi connectivity index (χ2n) is 7.39. The van der Waals surface area contributed by atoms with Gasteiger partial charge in [-0.05, 0) is 37.1 Å². The number of carbonyl (C=O) groups excluding carboxylic acids is 1. The first-order chi connectivity index (χ1) is 13.7. The molecule has 3 aromatic rings. The summed E-state index contributed by atoms with van der Waals surface area (Å²) in [5.74, 6) is 0.0709. The Morgan fingerprint density at radius 3 is 2.43 bits per heavy atom. The van der Waals surface area contributed by atoms with Gasteiger partial charge >= 0.3 is 0 Å². The zero-order chi connectivity index (χ0) is 19.1. The molecule has 1 aromatic heterocycles. The maximum absolute atomic E-state index is 12.9. The molecule has 1 amide bonds. The van der Waals surface area contributed by atoms with E-state index in [9.17, 15) is 9.59 Å². The molecule has 2 fully saturated rings. The number of carbonyl (C=O) groups is 1. The van der Waals surface area contributed by atoms with E-state index in [-0.39, 0.29) is 11.3 Å². The molecular formula is C22H21N3O3. The monoisotopic (exact) mass is 375 g/mol. The molecule has 0 atom stereocenters. The Morgan fingerprint density at radius 1 is 0.929 bits per heavy atom. The van der Waals surface area contributed by atoms with Gasteiger partial charge in [-0.15, -0.1) is 0 Å². The molecule has 0 radical (unpaired) electrons. The van der Waals surface area contributed by atoms with E-state index in [0.29, 0.717) is 49.3 Å². The largest absolute Gasteiger partial charge is 0.462 e. The average molecular weight is 375 g/mol. The van der Waals surface area contributed by atoms with Crippen LogP contribution in [0.4, 0.5) is 11.4 Å². The SMILES string of the molecule is O=C1NCN(c2ccccc2)C12CCN(c1coc3ccccc3c1=O)CC2. The molecule has 2 aliphatic heterocycles. The number of piperidine rings is 1. The number of nitrogens with one attached hydrogen (secondary N) is 1. The summed E-state index contributed by atoms with van der Waals surface area (Å²) >= 11 is 0. The van der Waals surface area contributed by atoms with Crippen molar-refractivity contribution in [2.24, 2.45) is 0 Å². The molecule has 6 heteroatoms. The van der Waals surface area contributed by atoms with E-state index in [1.54, 1.807) is 18.4 Å². The summed E-state index contributed by atoms with van der Waals surface area (Å²) in [6.45, 7) is 1.76. The third-order valence-corrected chi connectivity index (χ3v) is 6.00. The van der Waals surface area contributed by atoms with Gasteiger partial charge in [0.25, 0.3) is 0 Å². The highest BCUT2D eigenvalue weighted by Gasteiger charge is 2.50. The Hall–Kier alpha value is -3.28. The van der Waals surface area contributed by atoms with Crippen LogP contribution in [0.1, 0.15) is 12.8 Å². The molecule has 2 aromatic carbocycles. The van der Waals surface area contributed by atoms with Crippen LogP contribution in [-0.4, -0.2) is 31.2 Å². The molecule has 6 nitrogen and oxygen atoms in total.